The van der Waals surface area contributed by atoms with Gasteiger partial charge in [0, 0.05) is 17.3 Å². The number of carbonyl (C=O) groups is 1. The summed E-state index contributed by atoms with van der Waals surface area (Å²) in [7, 11) is 1.41. The van der Waals surface area contributed by atoms with Gasteiger partial charge in [-0.1, -0.05) is 24.6 Å². The number of anilines is 1. The van der Waals surface area contributed by atoms with E-state index in [0.717, 1.165) is 42.5 Å². The molecule has 4 rings (SSSR count). The fourth-order valence-electron chi connectivity index (χ4n) is 6.02. The van der Waals surface area contributed by atoms with Crippen molar-refractivity contribution in [2.75, 3.05) is 19.0 Å². The van der Waals surface area contributed by atoms with E-state index in [2.05, 4.69) is 5.32 Å². The zero-order chi connectivity index (χ0) is 23.8. The molecule has 0 aliphatic heterocycles. The number of esters is 1. The summed E-state index contributed by atoms with van der Waals surface area (Å²) in [5, 5.41) is 34.1. The third-order valence-corrected chi connectivity index (χ3v) is 8.00. The van der Waals surface area contributed by atoms with Crippen LogP contribution in [0.15, 0.2) is 36.4 Å². The van der Waals surface area contributed by atoms with Gasteiger partial charge in [-0.15, -0.1) is 0 Å². The van der Waals surface area contributed by atoms with E-state index in [-0.39, 0.29) is 41.3 Å². The molecule has 7 heteroatoms. The summed E-state index contributed by atoms with van der Waals surface area (Å²) in [6.45, 7) is 2.15. The molecule has 33 heavy (non-hydrogen) atoms. The quantitative estimate of drug-likeness (QED) is 0.356. The Labute approximate surface area is 199 Å². The highest BCUT2D eigenvalue weighted by atomic mass is 35.5. The van der Waals surface area contributed by atoms with Crippen LogP contribution in [0.1, 0.15) is 50.2 Å². The number of aromatic hydroxyl groups is 2. The number of ether oxygens (including phenoxy) is 1. The van der Waals surface area contributed by atoms with Gasteiger partial charge in [0.15, 0.2) is 11.5 Å². The number of carbonyl (C=O) groups excluding carboxylic acids is 1. The van der Waals surface area contributed by atoms with Gasteiger partial charge in [0.2, 0.25) is 0 Å². The number of hydrogen-bond acceptors (Lipinski definition) is 6. The first-order valence-corrected chi connectivity index (χ1v) is 11.9. The Morgan fingerprint density at radius 3 is 2.52 bits per heavy atom. The number of phenols is 2. The van der Waals surface area contributed by atoms with Gasteiger partial charge in [0.05, 0.1) is 7.11 Å². The molecule has 178 valence electrons. The summed E-state index contributed by atoms with van der Waals surface area (Å²) in [6.07, 6.45) is 4.15. The van der Waals surface area contributed by atoms with E-state index in [1.54, 1.807) is 24.3 Å². The van der Waals surface area contributed by atoms with E-state index in [1.807, 2.05) is 19.1 Å². The van der Waals surface area contributed by atoms with Crippen molar-refractivity contribution < 1.29 is 24.9 Å². The van der Waals surface area contributed by atoms with Crippen molar-refractivity contribution in [3.05, 3.63) is 52.5 Å². The van der Waals surface area contributed by atoms with Gasteiger partial charge in [0.1, 0.15) is 5.54 Å². The summed E-state index contributed by atoms with van der Waals surface area (Å²) in [5.74, 6) is -0.143. The molecule has 2 aromatic rings. The van der Waals surface area contributed by atoms with Crippen LogP contribution in [0.5, 0.6) is 11.5 Å². The normalized spacial score (nSPS) is 27.2. The molecule has 0 saturated heterocycles. The Bertz CT molecular complexity index is 1030. The molecule has 0 heterocycles. The minimum atomic E-state index is -0.875. The summed E-state index contributed by atoms with van der Waals surface area (Å²) in [6, 6.07) is 10.7. The van der Waals surface area contributed by atoms with Crippen molar-refractivity contribution in [3.8, 4) is 11.5 Å². The fourth-order valence-corrected chi connectivity index (χ4v) is 6.21. The first-order chi connectivity index (χ1) is 15.7. The predicted molar refractivity (Wildman–Crippen MR) is 128 cm³/mol. The number of phenolic OH excluding ortho intramolecular Hbond substituents is 2. The van der Waals surface area contributed by atoms with Crippen molar-refractivity contribution in [2.45, 2.75) is 56.4 Å². The largest absolute Gasteiger partial charge is 0.504 e. The standard InChI is InChI=1S/C26H32ClNO5/c1-16(15-29)10-18-11-17-12-22(30)23(31)14-21(17)25(18)6-8-26(9-7-25,24(32)33-2)28-20-5-3-4-19(27)13-20/h3-5,12-14,16,18,28-31H,6-11,15H2,1-2H3/t16-,18+,25?,26?/m1/s1. The van der Waals surface area contributed by atoms with E-state index >= 15 is 0 Å². The number of aliphatic hydroxyl groups is 1. The maximum Gasteiger partial charge on any atom is 0.331 e. The molecule has 2 aliphatic rings. The second-order valence-corrected chi connectivity index (χ2v) is 10.2. The van der Waals surface area contributed by atoms with Gasteiger partial charge in [0.25, 0.3) is 0 Å². The minimum absolute atomic E-state index is 0.109. The van der Waals surface area contributed by atoms with E-state index in [9.17, 15) is 20.1 Å². The molecule has 0 radical (unpaired) electrons. The minimum Gasteiger partial charge on any atom is -0.504 e. The maximum absolute atomic E-state index is 13.0. The van der Waals surface area contributed by atoms with E-state index in [0.29, 0.717) is 17.9 Å². The number of hydrogen-bond donors (Lipinski definition) is 4. The fraction of sp³-hybridized carbons (Fsp3) is 0.500. The van der Waals surface area contributed by atoms with Gasteiger partial charge in [-0.3, -0.25) is 0 Å². The van der Waals surface area contributed by atoms with Crippen LogP contribution in [0.25, 0.3) is 0 Å². The zero-order valence-corrected chi connectivity index (χ0v) is 19.9. The van der Waals surface area contributed by atoms with Crippen molar-refractivity contribution in [3.63, 3.8) is 0 Å². The Balaban J connectivity index is 1.68. The second kappa shape index (κ2) is 9.07. The molecule has 1 fully saturated rings. The Morgan fingerprint density at radius 1 is 1.18 bits per heavy atom. The summed E-state index contributed by atoms with van der Waals surface area (Å²) in [5.41, 5.74) is 1.74. The van der Waals surface area contributed by atoms with Gasteiger partial charge < -0.3 is 25.4 Å². The molecule has 1 saturated carbocycles. The van der Waals surface area contributed by atoms with Gasteiger partial charge in [-0.2, -0.15) is 0 Å². The van der Waals surface area contributed by atoms with Gasteiger partial charge >= 0.3 is 5.97 Å². The molecule has 1 spiro atoms. The molecule has 6 nitrogen and oxygen atoms in total. The zero-order valence-electron chi connectivity index (χ0n) is 19.1. The molecule has 0 aromatic heterocycles. The van der Waals surface area contributed by atoms with E-state index < -0.39 is 5.54 Å². The highest BCUT2D eigenvalue weighted by Crippen LogP contribution is 2.57. The summed E-state index contributed by atoms with van der Waals surface area (Å²) >= 11 is 6.16. The van der Waals surface area contributed by atoms with E-state index in [1.165, 1.54) is 7.11 Å². The summed E-state index contributed by atoms with van der Waals surface area (Å²) in [4.78, 5) is 13.0. The van der Waals surface area contributed by atoms with E-state index in [4.69, 9.17) is 16.3 Å². The monoisotopic (exact) mass is 473 g/mol. The Hall–Kier alpha value is -2.44. The lowest BCUT2D eigenvalue weighted by atomic mass is 9.59. The number of nitrogens with one attached hydrogen (secondary N) is 1. The number of rotatable bonds is 6. The molecule has 0 amide bonds. The Kier molecular flexibility index (Phi) is 6.52. The lowest BCUT2D eigenvalue weighted by molar-refractivity contribution is -0.148. The van der Waals surface area contributed by atoms with Gasteiger partial charge in [-0.25, -0.2) is 4.79 Å². The molecule has 0 bridgehead atoms. The Morgan fingerprint density at radius 2 is 1.88 bits per heavy atom. The van der Waals surface area contributed by atoms with Crippen LogP contribution in [0.2, 0.25) is 5.02 Å². The predicted octanol–water partition coefficient (Wildman–Crippen LogP) is 4.78. The smallest absolute Gasteiger partial charge is 0.331 e. The first-order valence-electron chi connectivity index (χ1n) is 11.5. The molecule has 0 unspecified atom stereocenters. The number of halogens is 1. The SMILES string of the molecule is COC(=O)C1(Nc2cccc(Cl)c2)CCC2(CC1)c1cc(O)c(O)cc1C[C@@H]2C[C@@H](C)CO. The van der Waals surface area contributed by atoms with Crippen LogP contribution in [0, 0.1) is 11.8 Å². The van der Waals surface area contributed by atoms with Crippen LogP contribution in [-0.2, 0) is 21.4 Å². The van der Waals surface area contributed by atoms with Crippen LogP contribution >= 0.6 is 11.6 Å². The number of aliphatic hydroxyl groups excluding tert-OH is 1. The van der Waals surface area contributed by atoms with Crippen molar-refractivity contribution >= 4 is 23.3 Å². The topological polar surface area (TPSA) is 99.0 Å². The molecular formula is C26H32ClNO5. The number of fused-ring (bicyclic) bond motifs is 2. The van der Waals surface area contributed by atoms with Crippen molar-refractivity contribution in [1.29, 1.82) is 0 Å². The first kappa shape index (κ1) is 23.7. The molecular weight excluding hydrogens is 442 g/mol. The lowest BCUT2D eigenvalue weighted by Gasteiger charge is -2.47. The molecule has 2 atom stereocenters. The van der Waals surface area contributed by atoms with Gasteiger partial charge in [-0.05, 0) is 97.2 Å². The number of methoxy groups -OCH3 is 1. The molecule has 2 aromatic carbocycles. The third kappa shape index (κ3) is 4.26. The molecule has 4 N–H and O–H groups in total. The number of benzene rings is 2. The van der Waals surface area contributed by atoms with Crippen LogP contribution in [0.4, 0.5) is 5.69 Å². The third-order valence-electron chi connectivity index (χ3n) is 7.76. The van der Waals surface area contributed by atoms with Crippen LogP contribution < -0.4 is 5.32 Å². The molecule has 2 aliphatic carbocycles. The maximum atomic E-state index is 13.0. The second-order valence-electron chi connectivity index (χ2n) is 9.79. The average Bonchev–Trinajstić information content (AvgIpc) is 3.07. The average molecular weight is 474 g/mol. The lowest BCUT2D eigenvalue weighted by Crippen LogP contribution is -2.53. The van der Waals surface area contributed by atoms with Crippen LogP contribution in [0.3, 0.4) is 0 Å². The van der Waals surface area contributed by atoms with Crippen molar-refractivity contribution in [2.24, 2.45) is 11.8 Å². The highest BCUT2D eigenvalue weighted by molar-refractivity contribution is 6.30. The van der Waals surface area contributed by atoms with Crippen molar-refractivity contribution in [1.82, 2.24) is 0 Å². The van der Waals surface area contributed by atoms with Crippen LogP contribution in [-0.4, -0.2) is 40.5 Å². The highest BCUT2D eigenvalue weighted by Gasteiger charge is 2.54. The summed E-state index contributed by atoms with van der Waals surface area (Å²) < 4.78 is 5.22.